The zero-order valence-corrected chi connectivity index (χ0v) is 11.6. The van der Waals surface area contributed by atoms with Crippen molar-refractivity contribution < 1.29 is 9.59 Å². The van der Waals surface area contributed by atoms with Gasteiger partial charge in [-0.3, -0.25) is 9.59 Å². The van der Waals surface area contributed by atoms with Gasteiger partial charge in [-0.1, -0.05) is 6.07 Å². The minimum Gasteiger partial charge on any atom is -0.341 e. The summed E-state index contributed by atoms with van der Waals surface area (Å²) in [6.45, 7) is 1.65. The third-order valence-electron chi connectivity index (χ3n) is 4.05. The Morgan fingerprint density at radius 2 is 2.30 bits per heavy atom. The molecule has 5 heteroatoms. The van der Waals surface area contributed by atoms with Crippen molar-refractivity contribution in [3.8, 4) is 0 Å². The fraction of sp³-hybridized carbons (Fsp3) is 0.467. The first-order valence-corrected chi connectivity index (χ1v) is 7.08. The topological polar surface area (TPSA) is 61.4 Å². The molecule has 20 heavy (non-hydrogen) atoms. The second-order valence-corrected chi connectivity index (χ2v) is 5.49. The number of nitrogens with one attached hydrogen (secondary N) is 2. The third kappa shape index (κ3) is 2.41. The van der Waals surface area contributed by atoms with Crippen LogP contribution in [0.25, 0.3) is 0 Å². The van der Waals surface area contributed by atoms with Crippen LogP contribution in [0, 0.1) is 0 Å². The molecule has 0 radical (unpaired) electrons. The van der Waals surface area contributed by atoms with Gasteiger partial charge in [-0.15, -0.1) is 0 Å². The van der Waals surface area contributed by atoms with Gasteiger partial charge in [0.25, 0.3) is 5.91 Å². The third-order valence-corrected chi connectivity index (χ3v) is 4.05. The first kappa shape index (κ1) is 13.1. The van der Waals surface area contributed by atoms with Crippen LogP contribution < -0.4 is 10.6 Å². The fourth-order valence-electron chi connectivity index (χ4n) is 2.80. The average Bonchev–Trinajstić information content (AvgIpc) is 2.98. The molecule has 2 amide bonds. The number of fused-ring (bicyclic) bond motifs is 1. The highest BCUT2D eigenvalue weighted by Gasteiger charge is 2.24. The highest BCUT2D eigenvalue weighted by Crippen LogP contribution is 2.22. The van der Waals surface area contributed by atoms with E-state index in [1.165, 1.54) is 0 Å². The molecule has 0 aliphatic carbocycles. The summed E-state index contributed by atoms with van der Waals surface area (Å²) in [5, 5.41) is 6.06. The van der Waals surface area contributed by atoms with E-state index in [-0.39, 0.29) is 17.9 Å². The van der Waals surface area contributed by atoms with E-state index < -0.39 is 0 Å². The van der Waals surface area contributed by atoms with Crippen molar-refractivity contribution in [3.63, 3.8) is 0 Å². The minimum absolute atomic E-state index is 0.0148. The maximum absolute atomic E-state index is 12.1. The zero-order valence-electron chi connectivity index (χ0n) is 11.6. The highest BCUT2D eigenvalue weighted by atomic mass is 16.2. The number of hydrogen-bond acceptors (Lipinski definition) is 3. The van der Waals surface area contributed by atoms with Crippen LogP contribution in [0.1, 0.15) is 28.8 Å². The largest absolute Gasteiger partial charge is 0.341 e. The standard InChI is InChI=1S/C15H19N3O2/c1-18-8-6-10-4-5-11(9-12(10)15(18)20)17-14(19)13-3-2-7-16-13/h4-5,9,13,16H,2-3,6-8H2,1H3,(H,17,19). The van der Waals surface area contributed by atoms with Gasteiger partial charge in [0.05, 0.1) is 6.04 Å². The lowest BCUT2D eigenvalue weighted by molar-refractivity contribution is -0.117. The van der Waals surface area contributed by atoms with E-state index in [1.54, 1.807) is 18.0 Å². The van der Waals surface area contributed by atoms with E-state index in [9.17, 15) is 9.59 Å². The van der Waals surface area contributed by atoms with Crippen molar-refractivity contribution in [3.05, 3.63) is 29.3 Å². The lowest BCUT2D eigenvalue weighted by Gasteiger charge is -2.25. The van der Waals surface area contributed by atoms with Crippen LogP contribution in [-0.4, -0.2) is 42.9 Å². The van der Waals surface area contributed by atoms with Crippen LogP contribution in [0.2, 0.25) is 0 Å². The summed E-state index contributed by atoms with van der Waals surface area (Å²) >= 11 is 0. The van der Waals surface area contributed by atoms with Crippen LogP contribution in [-0.2, 0) is 11.2 Å². The van der Waals surface area contributed by atoms with Gasteiger partial charge in [0.15, 0.2) is 0 Å². The Morgan fingerprint density at radius 3 is 3.05 bits per heavy atom. The first-order chi connectivity index (χ1) is 9.65. The van der Waals surface area contributed by atoms with Gasteiger partial charge in [-0.05, 0) is 43.5 Å². The molecule has 1 aromatic carbocycles. The van der Waals surface area contributed by atoms with E-state index in [0.29, 0.717) is 11.3 Å². The van der Waals surface area contributed by atoms with Gasteiger partial charge < -0.3 is 15.5 Å². The maximum atomic E-state index is 12.1. The lowest BCUT2D eigenvalue weighted by Crippen LogP contribution is -2.36. The molecule has 1 fully saturated rings. The smallest absolute Gasteiger partial charge is 0.253 e. The zero-order chi connectivity index (χ0) is 14.1. The average molecular weight is 273 g/mol. The molecule has 3 rings (SSSR count). The number of amides is 2. The first-order valence-electron chi connectivity index (χ1n) is 7.08. The number of nitrogens with zero attached hydrogens (tertiary/aromatic N) is 1. The Morgan fingerprint density at radius 1 is 1.45 bits per heavy atom. The number of anilines is 1. The molecular weight excluding hydrogens is 254 g/mol. The number of carbonyl (C=O) groups is 2. The van der Waals surface area contributed by atoms with E-state index in [0.717, 1.165) is 37.9 Å². The summed E-state index contributed by atoms with van der Waals surface area (Å²) in [4.78, 5) is 25.9. The molecule has 2 heterocycles. The highest BCUT2D eigenvalue weighted by molar-refractivity contribution is 6.00. The molecule has 2 aliphatic rings. The van der Waals surface area contributed by atoms with Crippen LogP contribution >= 0.6 is 0 Å². The Bertz CT molecular complexity index is 550. The van der Waals surface area contributed by atoms with Crippen molar-refractivity contribution in [1.29, 1.82) is 0 Å². The minimum atomic E-state index is -0.107. The summed E-state index contributed by atoms with van der Waals surface area (Å²) in [6, 6.07) is 5.51. The predicted octanol–water partition coefficient (Wildman–Crippen LogP) is 1.01. The summed E-state index contributed by atoms with van der Waals surface area (Å²) in [7, 11) is 1.80. The summed E-state index contributed by atoms with van der Waals surface area (Å²) < 4.78 is 0. The second-order valence-electron chi connectivity index (χ2n) is 5.49. The maximum Gasteiger partial charge on any atom is 0.253 e. The van der Waals surface area contributed by atoms with E-state index in [4.69, 9.17) is 0 Å². The monoisotopic (exact) mass is 273 g/mol. The van der Waals surface area contributed by atoms with Crippen molar-refractivity contribution in [2.24, 2.45) is 0 Å². The summed E-state index contributed by atoms with van der Waals surface area (Å²) in [6.07, 6.45) is 2.78. The molecule has 1 saturated heterocycles. The van der Waals surface area contributed by atoms with Crippen molar-refractivity contribution in [1.82, 2.24) is 10.2 Å². The van der Waals surface area contributed by atoms with Gasteiger partial charge in [-0.25, -0.2) is 0 Å². The molecule has 1 aromatic rings. The lowest BCUT2D eigenvalue weighted by atomic mass is 9.98. The fourth-order valence-corrected chi connectivity index (χ4v) is 2.80. The molecule has 2 N–H and O–H groups in total. The molecule has 1 unspecified atom stereocenters. The number of carbonyl (C=O) groups excluding carboxylic acids is 2. The predicted molar refractivity (Wildman–Crippen MR) is 76.8 cm³/mol. The molecule has 2 aliphatic heterocycles. The summed E-state index contributed by atoms with van der Waals surface area (Å²) in [5.74, 6) is 0.0143. The van der Waals surface area contributed by atoms with Crippen molar-refractivity contribution in [2.75, 3.05) is 25.5 Å². The van der Waals surface area contributed by atoms with E-state index >= 15 is 0 Å². The number of rotatable bonds is 2. The molecule has 0 bridgehead atoms. The molecule has 0 spiro atoms. The molecule has 106 valence electrons. The van der Waals surface area contributed by atoms with Crippen LogP contribution in [0.15, 0.2) is 18.2 Å². The second kappa shape index (κ2) is 5.25. The normalized spacial score (nSPS) is 21.8. The quantitative estimate of drug-likeness (QED) is 0.845. The van der Waals surface area contributed by atoms with E-state index in [2.05, 4.69) is 10.6 Å². The van der Waals surface area contributed by atoms with Gasteiger partial charge in [0.2, 0.25) is 5.91 Å². The Labute approximate surface area is 118 Å². The van der Waals surface area contributed by atoms with Gasteiger partial charge >= 0.3 is 0 Å². The van der Waals surface area contributed by atoms with Gasteiger partial charge in [0, 0.05) is 24.8 Å². The SMILES string of the molecule is CN1CCc2ccc(NC(=O)C3CCCN3)cc2C1=O. The summed E-state index contributed by atoms with van der Waals surface area (Å²) in [5.41, 5.74) is 2.46. The molecule has 5 nitrogen and oxygen atoms in total. The number of benzene rings is 1. The van der Waals surface area contributed by atoms with Crippen LogP contribution in [0.4, 0.5) is 5.69 Å². The number of hydrogen-bond donors (Lipinski definition) is 2. The number of likely N-dealkylation sites (N-methyl/N-ethyl adjacent to an activating group) is 1. The Kier molecular flexibility index (Phi) is 3.44. The molecular formula is C15H19N3O2. The van der Waals surface area contributed by atoms with E-state index in [1.807, 2.05) is 12.1 Å². The van der Waals surface area contributed by atoms with Gasteiger partial charge in [-0.2, -0.15) is 0 Å². The molecule has 1 atom stereocenters. The van der Waals surface area contributed by atoms with Crippen molar-refractivity contribution >= 4 is 17.5 Å². The van der Waals surface area contributed by atoms with Gasteiger partial charge in [0.1, 0.15) is 0 Å². The molecule has 0 saturated carbocycles. The van der Waals surface area contributed by atoms with Crippen LogP contribution in [0.5, 0.6) is 0 Å². The van der Waals surface area contributed by atoms with Crippen molar-refractivity contribution in [2.45, 2.75) is 25.3 Å². The van der Waals surface area contributed by atoms with Crippen LogP contribution in [0.3, 0.4) is 0 Å². The molecule has 0 aromatic heterocycles. The Balaban J connectivity index is 1.78. The Hall–Kier alpha value is -1.88.